The fourth-order valence-corrected chi connectivity index (χ4v) is 12.7. The number of hydrogen-bond acceptors (Lipinski definition) is 11. The fourth-order valence-electron chi connectivity index (χ4n) is 7.22. The molecule has 0 amide bonds. The lowest BCUT2D eigenvalue weighted by Crippen LogP contribution is -2.37. The molecule has 4 aliphatic rings. The zero-order valence-electron chi connectivity index (χ0n) is 23.4. The number of amidine groups is 1. The molecule has 4 aromatic rings. The van der Waals surface area contributed by atoms with E-state index in [4.69, 9.17) is 16.0 Å². The molecule has 8 rings (SSSR count). The van der Waals surface area contributed by atoms with Crippen molar-refractivity contribution in [1.82, 2.24) is 0 Å². The topological polar surface area (TPSA) is 119 Å². The molecule has 12 heteroatoms. The molecule has 44 heavy (non-hydrogen) atoms. The average molecular weight is 651 g/mol. The van der Waals surface area contributed by atoms with Gasteiger partial charge in [-0.25, -0.2) is 10.3 Å². The Balaban J connectivity index is 1.38. The molecule has 2 fully saturated rings. The van der Waals surface area contributed by atoms with Crippen LogP contribution in [-0.4, -0.2) is 11.5 Å². The Morgan fingerprint density at radius 3 is 1.59 bits per heavy atom. The molecule has 8 nitrogen and oxygen atoms in total. The summed E-state index contributed by atoms with van der Waals surface area (Å²) in [5, 5.41) is 29.2. The molecule has 0 aromatic carbocycles. The molecule has 0 unspecified atom stereocenters. The summed E-state index contributed by atoms with van der Waals surface area (Å²) < 4.78 is 16.5. The van der Waals surface area contributed by atoms with Gasteiger partial charge in [-0.2, -0.15) is 10.5 Å². The molecule has 0 saturated heterocycles. The number of fused-ring (bicyclic) bond motifs is 11. The summed E-state index contributed by atoms with van der Waals surface area (Å²) in [5.74, 6) is 1.41. The van der Waals surface area contributed by atoms with Crippen LogP contribution in [0.3, 0.4) is 0 Å². The van der Waals surface area contributed by atoms with Gasteiger partial charge in [-0.05, 0) is 51.4 Å². The van der Waals surface area contributed by atoms with Crippen molar-refractivity contribution < 1.29 is 9.47 Å². The van der Waals surface area contributed by atoms with Gasteiger partial charge < -0.3 is 14.3 Å². The number of thiophene rings is 4. The van der Waals surface area contributed by atoms with Crippen LogP contribution >= 0.6 is 45.3 Å². The van der Waals surface area contributed by atoms with Gasteiger partial charge in [-0.15, -0.1) is 34.0 Å². The van der Waals surface area contributed by atoms with Gasteiger partial charge in [0.15, 0.2) is 0 Å². The third-order valence-electron chi connectivity index (χ3n) is 9.01. The zero-order chi connectivity index (χ0) is 30.1. The Bertz CT molecular complexity index is 1920. The van der Waals surface area contributed by atoms with Crippen LogP contribution < -0.4 is 9.47 Å². The van der Waals surface area contributed by atoms with E-state index >= 15 is 0 Å². The molecule has 0 atom stereocenters. The van der Waals surface area contributed by atoms with Crippen molar-refractivity contribution in [3.8, 4) is 49.2 Å². The van der Waals surface area contributed by atoms with Crippen LogP contribution in [0.15, 0.2) is 22.1 Å². The van der Waals surface area contributed by atoms with Crippen molar-refractivity contribution in [2.45, 2.75) is 75.4 Å². The van der Waals surface area contributed by atoms with E-state index in [0.717, 1.165) is 72.6 Å². The van der Waals surface area contributed by atoms with Gasteiger partial charge in [0.05, 0.1) is 28.9 Å². The van der Waals surface area contributed by atoms with E-state index in [1.54, 1.807) is 0 Å². The van der Waals surface area contributed by atoms with Crippen LogP contribution in [0.25, 0.3) is 33.8 Å². The van der Waals surface area contributed by atoms with E-state index < -0.39 is 11.2 Å². The Labute approximate surface area is 269 Å². The smallest absolute Gasteiger partial charge is 0.350 e. The SMILES string of the molecule is [C-]#[N+]C(C#N)=Nc1cc2c(s1)-c1sc3c4c(sc3c1C1(CCCCC1)O2)-c1sc(N=C(C#N)C#N)cc1OC41CCCCC1. The van der Waals surface area contributed by atoms with E-state index in [9.17, 15) is 15.8 Å². The molecular weight excluding hydrogens is 629 g/mol. The molecular formula is C32H22N6O2S4. The minimum atomic E-state index is -0.437. The van der Waals surface area contributed by atoms with Gasteiger partial charge in [0, 0.05) is 23.3 Å². The largest absolute Gasteiger partial charge is 0.481 e. The number of ether oxygens (including phenoxy) is 2. The summed E-state index contributed by atoms with van der Waals surface area (Å²) >= 11 is 6.59. The van der Waals surface area contributed by atoms with Crippen molar-refractivity contribution in [2.24, 2.45) is 9.98 Å². The molecule has 0 bridgehead atoms. The van der Waals surface area contributed by atoms with Crippen LogP contribution in [0.5, 0.6) is 11.5 Å². The second kappa shape index (κ2) is 10.3. The van der Waals surface area contributed by atoms with Crippen LogP contribution in [-0.2, 0) is 11.2 Å². The van der Waals surface area contributed by atoms with Gasteiger partial charge in [0.1, 0.15) is 45.9 Å². The highest BCUT2D eigenvalue weighted by Crippen LogP contribution is 2.66. The molecule has 4 aromatic heterocycles. The molecule has 6 heterocycles. The lowest BCUT2D eigenvalue weighted by Gasteiger charge is -2.40. The number of rotatable bonds is 2. The summed E-state index contributed by atoms with van der Waals surface area (Å²) in [4.78, 5) is 16.4. The third kappa shape index (κ3) is 3.99. The maximum atomic E-state index is 9.32. The van der Waals surface area contributed by atoms with Gasteiger partial charge in [-0.1, -0.05) is 35.7 Å². The maximum absolute atomic E-state index is 9.32. The normalized spacial score (nSPS) is 18.8. The predicted octanol–water partition coefficient (Wildman–Crippen LogP) is 10.1. The first-order chi connectivity index (χ1) is 21.5. The first kappa shape index (κ1) is 27.5. The summed E-state index contributed by atoms with van der Waals surface area (Å²) in [6, 6.07) is 9.42. The Kier molecular flexibility index (Phi) is 6.42. The van der Waals surface area contributed by atoms with Crippen LogP contribution in [0.1, 0.15) is 75.3 Å². The first-order valence-corrected chi connectivity index (χ1v) is 17.8. The summed E-state index contributed by atoms with van der Waals surface area (Å²) in [6.45, 7) is 7.29. The maximum Gasteiger partial charge on any atom is 0.350 e. The van der Waals surface area contributed by atoms with Gasteiger partial charge in [0.2, 0.25) is 10.7 Å². The highest BCUT2D eigenvalue weighted by atomic mass is 32.1. The molecule has 2 aliphatic heterocycles. The second-order valence-corrected chi connectivity index (χ2v) is 15.6. The average Bonchev–Trinajstić information content (AvgIpc) is 3.81. The predicted molar refractivity (Wildman–Crippen MR) is 175 cm³/mol. The molecule has 2 saturated carbocycles. The monoisotopic (exact) mass is 650 g/mol. The van der Waals surface area contributed by atoms with Crippen molar-refractivity contribution in [1.29, 1.82) is 15.8 Å². The Morgan fingerprint density at radius 1 is 0.682 bits per heavy atom. The number of hydrogen-bond donors (Lipinski definition) is 0. The second-order valence-electron chi connectivity index (χ2n) is 11.5. The summed E-state index contributed by atoms with van der Waals surface area (Å²) in [7, 11) is 0. The highest BCUT2D eigenvalue weighted by molar-refractivity contribution is 7.34. The number of nitriles is 3. The zero-order valence-corrected chi connectivity index (χ0v) is 26.6. The van der Waals surface area contributed by atoms with E-state index in [-0.39, 0.29) is 11.5 Å². The standard InChI is InChI=1S/C32H22N6O2S4/c1-36-20(16-35)38-22-13-19-26(42-22)28-24(32(40-19)10-6-3-7-11-32)30-29(44-28)23-27(43-30)25-18(39-31(23)8-4-2-5-9-31)12-21(41-25)37-17(14-33)15-34/h12-13H,2-11H2. The fraction of sp³-hybridized carbons (Fsp3) is 0.375. The molecule has 0 N–H and O–H groups in total. The van der Waals surface area contributed by atoms with Gasteiger partial charge in [-0.3, -0.25) is 0 Å². The first-order valence-electron chi connectivity index (χ1n) is 14.5. The van der Waals surface area contributed by atoms with E-state index in [1.165, 1.54) is 65.8 Å². The van der Waals surface area contributed by atoms with E-state index in [1.807, 2.05) is 53.0 Å². The van der Waals surface area contributed by atoms with Crippen molar-refractivity contribution in [3.05, 3.63) is 34.7 Å². The molecule has 216 valence electrons. The quantitative estimate of drug-likeness (QED) is 0.121. The minimum Gasteiger partial charge on any atom is -0.481 e. The Hall–Kier alpha value is -4.04. The van der Waals surface area contributed by atoms with Crippen LogP contribution in [0.2, 0.25) is 0 Å². The highest BCUT2D eigenvalue weighted by Gasteiger charge is 2.50. The van der Waals surface area contributed by atoms with Crippen molar-refractivity contribution >= 4 is 76.3 Å². The third-order valence-corrected chi connectivity index (χ3v) is 13.9. The summed E-state index contributed by atoms with van der Waals surface area (Å²) in [5.41, 5.74) is 1.50. The van der Waals surface area contributed by atoms with E-state index in [0.29, 0.717) is 10.0 Å². The van der Waals surface area contributed by atoms with Crippen molar-refractivity contribution in [3.63, 3.8) is 0 Å². The molecule has 0 radical (unpaired) electrons. The lowest BCUT2D eigenvalue weighted by atomic mass is 9.76. The molecule has 2 spiro atoms. The molecule has 2 aliphatic carbocycles. The number of nitrogens with zero attached hydrogens (tertiary/aromatic N) is 6. The lowest BCUT2D eigenvalue weighted by molar-refractivity contribution is 0.0258. The van der Waals surface area contributed by atoms with Crippen molar-refractivity contribution in [2.75, 3.05) is 0 Å². The minimum absolute atomic E-state index is 0.164. The van der Waals surface area contributed by atoms with Crippen LogP contribution in [0, 0.1) is 40.6 Å². The van der Waals surface area contributed by atoms with Gasteiger partial charge >= 0.3 is 5.84 Å². The Morgan fingerprint density at radius 2 is 1.16 bits per heavy atom. The van der Waals surface area contributed by atoms with Crippen LogP contribution in [0.4, 0.5) is 10.0 Å². The van der Waals surface area contributed by atoms with Gasteiger partial charge in [0.25, 0.3) is 0 Å². The summed E-state index contributed by atoms with van der Waals surface area (Å²) in [6.07, 6.45) is 10.5. The van der Waals surface area contributed by atoms with E-state index in [2.05, 4.69) is 14.8 Å². The number of aliphatic imine (C=N–C) groups is 2.